The monoisotopic (exact) mass is 440 g/mol. The number of rotatable bonds is 11. The van der Waals surface area contributed by atoms with Crippen molar-refractivity contribution in [3.05, 3.63) is 50.7 Å². The Labute approximate surface area is 187 Å². The van der Waals surface area contributed by atoms with Crippen LogP contribution >= 0.6 is 0 Å². The van der Waals surface area contributed by atoms with Gasteiger partial charge in [-0.1, -0.05) is 39.0 Å². The summed E-state index contributed by atoms with van der Waals surface area (Å²) in [5.74, 6) is 1.21. The van der Waals surface area contributed by atoms with Crippen LogP contribution in [0.1, 0.15) is 57.9 Å². The molecular weight excluding hydrogens is 408 g/mol. The summed E-state index contributed by atoms with van der Waals surface area (Å²) >= 11 is 0. The normalized spacial score (nSPS) is 11.8. The third-order valence-corrected chi connectivity index (χ3v) is 5.57. The molecule has 0 saturated carbocycles. The van der Waals surface area contributed by atoms with Gasteiger partial charge in [0.1, 0.15) is 5.75 Å². The molecule has 0 fully saturated rings. The molecule has 0 saturated heterocycles. The summed E-state index contributed by atoms with van der Waals surface area (Å²) < 4.78 is 8.36. The number of aromatic nitrogens is 4. The SMILES string of the molecule is CCCCCCCCn1c(N/N=C(\C)c2ccc(OC)cc2)nc2c1c(=O)[nH]c(=O)n2C. The van der Waals surface area contributed by atoms with E-state index in [1.165, 1.54) is 23.8 Å². The number of fused-ring (bicyclic) bond motifs is 1. The number of unbranched alkanes of at least 4 members (excludes halogenated alkanes) is 5. The van der Waals surface area contributed by atoms with Crippen LogP contribution in [0.2, 0.25) is 0 Å². The van der Waals surface area contributed by atoms with E-state index >= 15 is 0 Å². The lowest BCUT2D eigenvalue weighted by atomic mass is 10.1. The van der Waals surface area contributed by atoms with Gasteiger partial charge in [0, 0.05) is 13.6 Å². The zero-order valence-corrected chi connectivity index (χ0v) is 19.3. The van der Waals surface area contributed by atoms with Crippen LogP contribution in [0.25, 0.3) is 11.2 Å². The lowest BCUT2D eigenvalue weighted by Gasteiger charge is -2.09. The highest BCUT2D eigenvalue weighted by atomic mass is 16.5. The smallest absolute Gasteiger partial charge is 0.329 e. The van der Waals surface area contributed by atoms with Gasteiger partial charge < -0.3 is 9.30 Å². The first-order chi connectivity index (χ1) is 15.5. The molecule has 0 unspecified atom stereocenters. The lowest BCUT2D eigenvalue weighted by Crippen LogP contribution is -2.29. The van der Waals surface area contributed by atoms with Gasteiger partial charge in [-0.2, -0.15) is 10.1 Å². The first kappa shape index (κ1) is 23.3. The number of imidazole rings is 1. The highest BCUT2D eigenvalue weighted by Gasteiger charge is 2.17. The van der Waals surface area contributed by atoms with Crippen LogP contribution in [0.15, 0.2) is 39.0 Å². The largest absolute Gasteiger partial charge is 0.497 e. The van der Waals surface area contributed by atoms with E-state index in [0.717, 1.165) is 36.3 Å². The molecule has 172 valence electrons. The van der Waals surface area contributed by atoms with Crippen molar-refractivity contribution in [2.75, 3.05) is 12.5 Å². The van der Waals surface area contributed by atoms with Gasteiger partial charge in [-0.15, -0.1) is 0 Å². The Balaban J connectivity index is 1.88. The molecule has 0 aliphatic carbocycles. The molecule has 0 aliphatic rings. The second-order valence-electron chi connectivity index (χ2n) is 7.88. The molecule has 9 nitrogen and oxygen atoms in total. The van der Waals surface area contributed by atoms with E-state index < -0.39 is 11.2 Å². The zero-order chi connectivity index (χ0) is 23.1. The van der Waals surface area contributed by atoms with Crippen molar-refractivity contribution >= 4 is 22.8 Å². The van der Waals surface area contributed by atoms with Crippen LogP contribution in [-0.2, 0) is 13.6 Å². The Bertz CT molecular complexity index is 1190. The molecule has 0 atom stereocenters. The van der Waals surface area contributed by atoms with Gasteiger partial charge in [-0.25, -0.2) is 10.2 Å². The summed E-state index contributed by atoms with van der Waals surface area (Å²) in [5.41, 5.74) is 4.48. The Hall–Kier alpha value is -3.36. The highest BCUT2D eigenvalue weighted by Crippen LogP contribution is 2.18. The topological polar surface area (TPSA) is 106 Å². The number of aryl methyl sites for hydroxylation is 2. The summed E-state index contributed by atoms with van der Waals surface area (Å²) in [7, 11) is 3.22. The third-order valence-electron chi connectivity index (χ3n) is 5.57. The standard InChI is InChI=1S/C23H32N6O3/c1-5-6-7-8-9-10-15-29-19-20(28(3)23(31)25-21(19)30)24-22(29)27-26-16(2)17-11-13-18(32-4)14-12-17/h11-14H,5-10,15H2,1-4H3,(H,24,27)(H,25,30,31)/b26-16+. The minimum Gasteiger partial charge on any atom is -0.497 e. The summed E-state index contributed by atoms with van der Waals surface area (Å²) in [6, 6.07) is 7.59. The number of benzene rings is 1. The van der Waals surface area contributed by atoms with Crippen molar-refractivity contribution in [1.82, 2.24) is 19.1 Å². The molecule has 3 rings (SSSR count). The predicted molar refractivity (Wildman–Crippen MR) is 128 cm³/mol. The molecule has 2 aromatic heterocycles. The zero-order valence-electron chi connectivity index (χ0n) is 19.3. The predicted octanol–water partition coefficient (Wildman–Crippen LogP) is 3.63. The van der Waals surface area contributed by atoms with Gasteiger partial charge in [0.25, 0.3) is 5.56 Å². The van der Waals surface area contributed by atoms with Crippen LogP contribution in [0.3, 0.4) is 0 Å². The van der Waals surface area contributed by atoms with Crippen molar-refractivity contribution in [2.24, 2.45) is 12.1 Å². The maximum Gasteiger partial charge on any atom is 0.329 e. The maximum atomic E-state index is 12.6. The minimum atomic E-state index is -0.490. The van der Waals surface area contributed by atoms with E-state index in [9.17, 15) is 9.59 Å². The van der Waals surface area contributed by atoms with E-state index in [0.29, 0.717) is 23.7 Å². The van der Waals surface area contributed by atoms with Crippen molar-refractivity contribution < 1.29 is 4.74 Å². The quantitative estimate of drug-likeness (QED) is 0.269. The Morgan fingerprint density at radius 2 is 1.81 bits per heavy atom. The summed E-state index contributed by atoms with van der Waals surface area (Å²) in [4.78, 5) is 31.5. The molecule has 0 spiro atoms. The number of H-pyrrole nitrogens is 1. The van der Waals surface area contributed by atoms with E-state index in [1.54, 1.807) is 14.2 Å². The number of hydrazone groups is 1. The number of hydrogen-bond acceptors (Lipinski definition) is 6. The molecule has 2 heterocycles. The fraction of sp³-hybridized carbons (Fsp3) is 0.478. The van der Waals surface area contributed by atoms with Crippen LogP contribution in [0.5, 0.6) is 5.75 Å². The summed E-state index contributed by atoms with van der Waals surface area (Å²) in [6.45, 7) is 4.70. The summed E-state index contributed by atoms with van der Waals surface area (Å²) in [5, 5.41) is 4.47. The number of hydrogen-bond donors (Lipinski definition) is 2. The Kier molecular flexibility index (Phi) is 7.86. The number of anilines is 1. The first-order valence-electron chi connectivity index (χ1n) is 11.1. The molecule has 0 bridgehead atoms. The second kappa shape index (κ2) is 10.8. The fourth-order valence-electron chi connectivity index (χ4n) is 3.62. The number of ether oxygens (including phenoxy) is 1. The van der Waals surface area contributed by atoms with Gasteiger partial charge in [0.15, 0.2) is 11.2 Å². The molecule has 2 N–H and O–H groups in total. The van der Waals surface area contributed by atoms with E-state index in [-0.39, 0.29) is 0 Å². The summed E-state index contributed by atoms with van der Waals surface area (Å²) in [6.07, 6.45) is 6.79. The highest BCUT2D eigenvalue weighted by molar-refractivity contribution is 5.99. The van der Waals surface area contributed by atoms with E-state index in [2.05, 4.69) is 27.4 Å². The first-order valence-corrected chi connectivity index (χ1v) is 11.1. The van der Waals surface area contributed by atoms with Crippen molar-refractivity contribution in [3.8, 4) is 5.75 Å². The minimum absolute atomic E-state index is 0.338. The van der Waals surface area contributed by atoms with Gasteiger partial charge in [-0.05, 0) is 43.2 Å². The molecule has 32 heavy (non-hydrogen) atoms. The van der Waals surface area contributed by atoms with Gasteiger partial charge in [-0.3, -0.25) is 14.3 Å². The molecule has 0 radical (unpaired) electrons. The lowest BCUT2D eigenvalue weighted by molar-refractivity contribution is 0.415. The second-order valence-corrected chi connectivity index (χ2v) is 7.88. The number of nitrogens with zero attached hydrogens (tertiary/aromatic N) is 4. The van der Waals surface area contributed by atoms with Gasteiger partial charge in [0.2, 0.25) is 5.95 Å². The number of methoxy groups -OCH3 is 1. The van der Waals surface area contributed by atoms with E-state index in [4.69, 9.17) is 4.74 Å². The van der Waals surface area contributed by atoms with Gasteiger partial charge >= 0.3 is 5.69 Å². The maximum absolute atomic E-state index is 12.6. The van der Waals surface area contributed by atoms with Crippen LogP contribution < -0.4 is 21.4 Å². The van der Waals surface area contributed by atoms with Crippen LogP contribution in [0.4, 0.5) is 5.95 Å². The van der Waals surface area contributed by atoms with E-state index in [1.807, 2.05) is 35.8 Å². The molecular formula is C23H32N6O3. The molecule has 9 heteroatoms. The average molecular weight is 441 g/mol. The van der Waals surface area contributed by atoms with Crippen LogP contribution in [-0.4, -0.2) is 31.9 Å². The Morgan fingerprint density at radius 3 is 2.50 bits per heavy atom. The Morgan fingerprint density at radius 1 is 1.12 bits per heavy atom. The number of aromatic amines is 1. The van der Waals surface area contributed by atoms with Crippen LogP contribution in [0, 0.1) is 0 Å². The number of nitrogens with one attached hydrogen (secondary N) is 2. The van der Waals surface area contributed by atoms with Crippen molar-refractivity contribution in [3.63, 3.8) is 0 Å². The fourth-order valence-corrected chi connectivity index (χ4v) is 3.62. The molecule has 0 amide bonds. The third kappa shape index (κ3) is 5.27. The van der Waals surface area contributed by atoms with Crippen molar-refractivity contribution in [2.45, 2.75) is 58.9 Å². The average Bonchev–Trinajstić information content (AvgIpc) is 3.17. The molecule has 3 aromatic rings. The van der Waals surface area contributed by atoms with Gasteiger partial charge in [0.05, 0.1) is 12.8 Å². The molecule has 1 aromatic carbocycles. The van der Waals surface area contributed by atoms with Crippen molar-refractivity contribution in [1.29, 1.82) is 0 Å². The molecule has 0 aliphatic heterocycles.